The van der Waals surface area contributed by atoms with E-state index in [9.17, 15) is 4.39 Å². The van der Waals surface area contributed by atoms with Crippen LogP contribution in [0.3, 0.4) is 0 Å². The van der Waals surface area contributed by atoms with Crippen LogP contribution >= 0.6 is 15.9 Å². The summed E-state index contributed by atoms with van der Waals surface area (Å²) in [6.45, 7) is 3.56. The lowest BCUT2D eigenvalue weighted by Crippen LogP contribution is -2.32. The van der Waals surface area contributed by atoms with Crippen molar-refractivity contribution in [3.8, 4) is 11.5 Å². The third-order valence-electron chi connectivity index (χ3n) is 3.15. The molecule has 0 amide bonds. The van der Waals surface area contributed by atoms with E-state index in [0.717, 1.165) is 10.0 Å². The summed E-state index contributed by atoms with van der Waals surface area (Å²) in [6.07, 6.45) is 0. The minimum Gasteiger partial charge on any atom is -0.444 e. The molecule has 1 atom stereocenters. The Hall–Kier alpha value is -1.55. The molecule has 2 aromatic rings. The quantitative estimate of drug-likeness (QED) is 0.767. The van der Waals surface area contributed by atoms with Crippen LogP contribution in [0.2, 0.25) is 0 Å². The lowest BCUT2D eigenvalue weighted by molar-refractivity contribution is -0.0709. The van der Waals surface area contributed by atoms with Crippen molar-refractivity contribution >= 4 is 15.9 Å². The molecule has 19 heavy (non-hydrogen) atoms. The standard InChI is InChI=1S/C15H12BrFO2/c1-9-6-7-10(12(17)8-9)15(2)18-13-5-3-4-11(16)14(13)19-15/h3-8H,1-2H3. The van der Waals surface area contributed by atoms with Gasteiger partial charge in [-0.1, -0.05) is 12.1 Å². The molecule has 3 rings (SSSR count). The zero-order chi connectivity index (χ0) is 13.6. The van der Waals surface area contributed by atoms with Gasteiger partial charge in [0.05, 0.1) is 10.0 Å². The zero-order valence-electron chi connectivity index (χ0n) is 10.5. The van der Waals surface area contributed by atoms with Gasteiger partial charge in [-0.15, -0.1) is 0 Å². The first-order valence-corrected chi connectivity index (χ1v) is 6.72. The van der Waals surface area contributed by atoms with E-state index in [4.69, 9.17) is 9.47 Å². The summed E-state index contributed by atoms with van der Waals surface area (Å²) in [5.74, 6) is -0.252. The van der Waals surface area contributed by atoms with Crippen LogP contribution in [0.25, 0.3) is 0 Å². The maximum absolute atomic E-state index is 14.1. The maximum Gasteiger partial charge on any atom is 0.278 e. The Morgan fingerprint density at radius 3 is 2.63 bits per heavy atom. The molecule has 0 aliphatic carbocycles. The van der Waals surface area contributed by atoms with Gasteiger partial charge >= 0.3 is 0 Å². The highest BCUT2D eigenvalue weighted by atomic mass is 79.9. The number of aryl methyl sites for hydroxylation is 1. The second-order valence-corrected chi connectivity index (χ2v) is 5.55. The van der Waals surface area contributed by atoms with Crippen molar-refractivity contribution in [2.45, 2.75) is 19.6 Å². The SMILES string of the molecule is Cc1ccc(C2(C)Oc3cccc(Br)c3O2)c(F)c1. The van der Waals surface area contributed by atoms with E-state index in [2.05, 4.69) is 15.9 Å². The Morgan fingerprint density at radius 1 is 1.16 bits per heavy atom. The topological polar surface area (TPSA) is 18.5 Å². The number of ether oxygens (including phenoxy) is 2. The van der Waals surface area contributed by atoms with Crippen molar-refractivity contribution in [3.05, 3.63) is 57.8 Å². The van der Waals surface area contributed by atoms with Crippen molar-refractivity contribution < 1.29 is 13.9 Å². The third-order valence-corrected chi connectivity index (χ3v) is 3.77. The number of benzene rings is 2. The molecule has 1 aliphatic rings. The first-order chi connectivity index (χ1) is 8.99. The van der Waals surface area contributed by atoms with E-state index in [1.165, 1.54) is 6.07 Å². The van der Waals surface area contributed by atoms with Crippen LogP contribution in [0.4, 0.5) is 4.39 Å². The second-order valence-electron chi connectivity index (χ2n) is 4.70. The zero-order valence-corrected chi connectivity index (χ0v) is 12.1. The highest BCUT2D eigenvalue weighted by Gasteiger charge is 2.41. The highest BCUT2D eigenvalue weighted by molar-refractivity contribution is 9.10. The first kappa shape index (κ1) is 12.5. The molecule has 0 spiro atoms. The summed E-state index contributed by atoms with van der Waals surface area (Å²) in [5.41, 5.74) is 1.25. The molecule has 2 nitrogen and oxygen atoms in total. The fourth-order valence-corrected chi connectivity index (χ4v) is 2.62. The van der Waals surface area contributed by atoms with Crippen LogP contribution < -0.4 is 9.47 Å². The van der Waals surface area contributed by atoms with E-state index in [1.807, 2.05) is 25.1 Å². The smallest absolute Gasteiger partial charge is 0.278 e. The molecule has 4 heteroatoms. The van der Waals surface area contributed by atoms with Gasteiger partial charge in [-0.2, -0.15) is 0 Å². The van der Waals surface area contributed by atoms with Gasteiger partial charge in [0.1, 0.15) is 5.82 Å². The minimum absolute atomic E-state index is 0.327. The number of fused-ring (bicyclic) bond motifs is 1. The summed E-state index contributed by atoms with van der Waals surface area (Å²) in [5, 5.41) is 0. The summed E-state index contributed by atoms with van der Waals surface area (Å²) in [4.78, 5) is 0. The average molecular weight is 323 g/mol. The van der Waals surface area contributed by atoms with Crippen molar-refractivity contribution in [1.82, 2.24) is 0 Å². The van der Waals surface area contributed by atoms with Crippen LogP contribution in [0.15, 0.2) is 40.9 Å². The van der Waals surface area contributed by atoms with Gasteiger partial charge in [0.2, 0.25) is 0 Å². The molecule has 0 aromatic heterocycles. The van der Waals surface area contributed by atoms with Crippen molar-refractivity contribution in [1.29, 1.82) is 0 Å². The summed E-state index contributed by atoms with van der Waals surface area (Å²) >= 11 is 3.40. The molecule has 0 N–H and O–H groups in total. The van der Waals surface area contributed by atoms with Gasteiger partial charge in [0.25, 0.3) is 5.79 Å². The van der Waals surface area contributed by atoms with Gasteiger partial charge < -0.3 is 9.47 Å². The lowest BCUT2D eigenvalue weighted by atomic mass is 10.0. The predicted octanol–water partition coefficient (Wildman–Crippen LogP) is 4.54. The van der Waals surface area contributed by atoms with Crippen molar-refractivity contribution in [2.24, 2.45) is 0 Å². The Labute approximate surface area is 119 Å². The summed E-state index contributed by atoms with van der Waals surface area (Å²) < 4.78 is 26.5. The molecule has 0 saturated carbocycles. The van der Waals surface area contributed by atoms with Gasteiger partial charge in [0, 0.05) is 6.92 Å². The van der Waals surface area contributed by atoms with Crippen LogP contribution in [0, 0.1) is 12.7 Å². The molecule has 0 saturated heterocycles. The predicted molar refractivity (Wildman–Crippen MR) is 73.9 cm³/mol. The van der Waals surface area contributed by atoms with Crippen LogP contribution in [0.1, 0.15) is 18.1 Å². The van der Waals surface area contributed by atoms with E-state index >= 15 is 0 Å². The monoisotopic (exact) mass is 322 g/mol. The summed E-state index contributed by atoms with van der Waals surface area (Å²) in [6, 6.07) is 10.5. The Kier molecular flexibility index (Phi) is 2.78. The van der Waals surface area contributed by atoms with Gasteiger partial charge in [0.15, 0.2) is 11.5 Å². The summed E-state index contributed by atoms with van der Waals surface area (Å²) in [7, 11) is 0. The molecule has 0 fully saturated rings. The van der Waals surface area contributed by atoms with Crippen LogP contribution in [-0.2, 0) is 5.79 Å². The second kappa shape index (κ2) is 4.23. The van der Waals surface area contributed by atoms with Crippen LogP contribution in [0.5, 0.6) is 11.5 Å². The Bertz CT molecular complexity index is 657. The Morgan fingerprint density at radius 2 is 1.95 bits per heavy atom. The molecule has 1 aliphatic heterocycles. The van der Waals surface area contributed by atoms with Crippen LogP contribution in [-0.4, -0.2) is 0 Å². The number of para-hydroxylation sites is 1. The minimum atomic E-state index is -1.13. The van der Waals surface area contributed by atoms with E-state index in [0.29, 0.717) is 17.1 Å². The van der Waals surface area contributed by atoms with Gasteiger partial charge in [-0.3, -0.25) is 0 Å². The number of rotatable bonds is 1. The largest absolute Gasteiger partial charge is 0.444 e. The molecular formula is C15H12BrFO2. The average Bonchev–Trinajstić information content (AvgIpc) is 2.68. The lowest BCUT2D eigenvalue weighted by Gasteiger charge is -2.24. The molecule has 2 aromatic carbocycles. The Balaban J connectivity index is 2.06. The molecule has 0 bridgehead atoms. The first-order valence-electron chi connectivity index (χ1n) is 5.93. The fraction of sp³-hybridized carbons (Fsp3) is 0.200. The van der Waals surface area contributed by atoms with Gasteiger partial charge in [-0.25, -0.2) is 4.39 Å². The van der Waals surface area contributed by atoms with Crippen molar-refractivity contribution in [2.75, 3.05) is 0 Å². The molecule has 1 unspecified atom stereocenters. The van der Waals surface area contributed by atoms with Gasteiger partial charge in [-0.05, 0) is 52.7 Å². The fourth-order valence-electron chi connectivity index (χ4n) is 2.19. The number of halogens is 2. The van der Waals surface area contributed by atoms with E-state index < -0.39 is 5.79 Å². The molecule has 0 radical (unpaired) electrons. The molecular weight excluding hydrogens is 311 g/mol. The maximum atomic E-state index is 14.1. The highest BCUT2D eigenvalue weighted by Crippen LogP contribution is 2.48. The van der Waals surface area contributed by atoms with Crippen molar-refractivity contribution in [3.63, 3.8) is 0 Å². The third kappa shape index (κ3) is 2.00. The number of hydrogen-bond donors (Lipinski definition) is 0. The normalized spacial score (nSPS) is 20.6. The molecule has 98 valence electrons. The number of hydrogen-bond acceptors (Lipinski definition) is 2. The van der Waals surface area contributed by atoms with E-state index in [1.54, 1.807) is 19.1 Å². The van der Waals surface area contributed by atoms with E-state index in [-0.39, 0.29) is 5.82 Å². The molecule has 1 heterocycles.